The number of allylic oxidation sites excluding steroid dienone is 2. The Morgan fingerprint density at radius 1 is 1.50 bits per heavy atom. The van der Waals surface area contributed by atoms with Gasteiger partial charge in [-0.05, 0) is 38.0 Å². The Bertz CT molecular complexity index is 133. The summed E-state index contributed by atoms with van der Waals surface area (Å²) in [5.74, 6) is 2.09. The molecule has 0 heterocycles. The minimum atomic E-state index is 1.01. The van der Waals surface area contributed by atoms with E-state index in [-0.39, 0.29) is 0 Å². The van der Waals surface area contributed by atoms with Gasteiger partial charge in [-0.15, -0.1) is 0 Å². The quantitative estimate of drug-likeness (QED) is 0.418. The summed E-state index contributed by atoms with van der Waals surface area (Å²) >= 11 is 0. The summed E-state index contributed by atoms with van der Waals surface area (Å²) in [5.41, 5.74) is 1.64. The normalized spacial score (nSPS) is 42.9. The lowest BCUT2D eigenvalue weighted by Gasteiger charge is -2.29. The minimum Gasteiger partial charge on any atom is -0.0822 e. The van der Waals surface area contributed by atoms with E-state index >= 15 is 0 Å². The third-order valence-electron chi connectivity index (χ3n) is 2.56. The molecule has 0 radical (unpaired) electrons. The molecule has 0 N–H and O–H groups in total. The van der Waals surface area contributed by atoms with Crippen molar-refractivity contribution in [3.63, 3.8) is 0 Å². The molecule has 0 saturated heterocycles. The molecule has 8 heavy (non-hydrogen) atoms. The van der Waals surface area contributed by atoms with Gasteiger partial charge in [-0.2, -0.15) is 0 Å². The van der Waals surface area contributed by atoms with Gasteiger partial charge in [-0.25, -0.2) is 0 Å². The SMILES string of the molecule is CC1=C[C@@H]2CC[C@H]2C1. The molecule has 2 aliphatic rings. The molecular formula is C8H12. The maximum absolute atomic E-state index is 2.47. The number of hydrogen-bond donors (Lipinski definition) is 0. The van der Waals surface area contributed by atoms with Gasteiger partial charge in [-0.3, -0.25) is 0 Å². The Labute approximate surface area is 50.6 Å². The highest BCUT2D eigenvalue weighted by Gasteiger charge is 2.32. The van der Waals surface area contributed by atoms with Crippen molar-refractivity contribution < 1.29 is 0 Å². The Kier molecular flexibility index (Phi) is 0.787. The van der Waals surface area contributed by atoms with Gasteiger partial charge in [0.15, 0.2) is 0 Å². The molecule has 0 bridgehead atoms. The zero-order chi connectivity index (χ0) is 5.56. The van der Waals surface area contributed by atoms with E-state index in [4.69, 9.17) is 0 Å². The highest BCUT2D eigenvalue weighted by molar-refractivity contribution is 5.14. The van der Waals surface area contributed by atoms with E-state index in [9.17, 15) is 0 Å². The predicted octanol–water partition coefficient (Wildman–Crippen LogP) is 2.36. The van der Waals surface area contributed by atoms with E-state index in [1.165, 1.54) is 19.3 Å². The van der Waals surface area contributed by atoms with Crippen LogP contribution >= 0.6 is 0 Å². The van der Waals surface area contributed by atoms with Gasteiger partial charge < -0.3 is 0 Å². The van der Waals surface area contributed by atoms with Crippen LogP contribution in [0.25, 0.3) is 0 Å². The topological polar surface area (TPSA) is 0 Å². The van der Waals surface area contributed by atoms with Crippen LogP contribution in [0, 0.1) is 11.8 Å². The predicted molar refractivity (Wildman–Crippen MR) is 34.6 cm³/mol. The fourth-order valence-corrected chi connectivity index (χ4v) is 1.91. The van der Waals surface area contributed by atoms with Gasteiger partial charge in [0.25, 0.3) is 0 Å². The molecule has 1 fully saturated rings. The van der Waals surface area contributed by atoms with E-state index in [1.807, 2.05) is 0 Å². The van der Waals surface area contributed by atoms with Crippen molar-refractivity contribution in [1.29, 1.82) is 0 Å². The monoisotopic (exact) mass is 108 g/mol. The molecule has 0 amide bonds. The maximum Gasteiger partial charge on any atom is -0.0199 e. The van der Waals surface area contributed by atoms with Crippen LogP contribution in [0.3, 0.4) is 0 Å². The lowest BCUT2D eigenvalue weighted by Crippen LogP contribution is -2.19. The van der Waals surface area contributed by atoms with Crippen molar-refractivity contribution in [2.75, 3.05) is 0 Å². The average molecular weight is 108 g/mol. The fourth-order valence-electron chi connectivity index (χ4n) is 1.91. The van der Waals surface area contributed by atoms with Crippen LogP contribution in [-0.2, 0) is 0 Å². The summed E-state index contributed by atoms with van der Waals surface area (Å²) in [4.78, 5) is 0. The van der Waals surface area contributed by atoms with E-state index in [0.717, 1.165) is 11.8 Å². The molecule has 0 aromatic rings. The second kappa shape index (κ2) is 1.37. The minimum absolute atomic E-state index is 1.01. The molecule has 0 aromatic carbocycles. The summed E-state index contributed by atoms with van der Waals surface area (Å²) in [6, 6.07) is 0. The van der Waals surface area contributed by atoms with Crippen molar-refractivity contribution in [2.24, 2.45) is 11.8 Å². The Hall–Kier alpha value is -0.260. The summed E-state index contributed by atoms with van der Waals surface area (Å²) < 4.78 is 0. The lowest BCUT2D eigenvalue weighted by atomic mass is 9.76. The van der Waals surface area contributed by atoms with Crippen molar-refractivity contribution in [2.45, 2.75) is 26.2 Å². The number of fused-ring (bicyclic) bond motifs is 1. The maximum atomic E-state index is 2.47. The fraction of sp³-hybridized carbons (Fsp3) is 0.750. The first-order valence-electron chi connectivity index (χ1n) is 3.53. The molecule has 0 aromatic heterocycles. The standard InChI is InChI=1S/C8H12/c1-6-4-7-2-3-8(7)5-6/h4,7-8H,2-3,5H2,1H3/t7-,8-/m0/s1. The van der Waals surface area contributed by atoms with Crippen LogP contribution in [0.5, 0.6) is 0 Å². The van der Waals surface area contributed by atoms with Crippen LogP contribution in [0.15, 0.2) is 11.6 Å². The number of rotatable bonds is 0. The van der Waals surface area contributed by atoms with E-state index in [0.29, 0.717) is 0 Å². The Balaban J connectivity index is 2.14. The van der Waals surface area contributed by atoms with Gasteiger partial charge >= 0.3 is 0 Å². The molecule has 0 unspecified atom stereocenters. The van der Waals surface area contributed by atoms with Gasteiger partial charge in [0, 0.05) is 0 Å². The molecule has 2 rings (SSSR count). The molecular weight excluding hydrogens is 96.1 g/mol. The smallest absolute Gasteiger partial charge is 0.0199 e. The van der Waals surface area contributed by atoms with Crippen LogP contribution in [0.4, 0.5) is 0 Å². The molecule has 0 heteroatoms. The van der Waals surface area contributed by atoms with Crippen molar-refractivity contribution in [3.8, 4) is 0 Å². The molecule has 0 spiro atoms. The lowest BCUT2D eigenvalue weighted by molar-refractivity contribution is 0.248. The molecule has 0 nitrogen and oxygen atoms in total. The summed E-state index contributed by atoms with van der Waals surface area (Å²) in [6.45, 7) is 2.26. The summed E-state index contributed by atoms with van der Waals surface area (Å²) in [6.07, 6.45) is 6.85. The van der Waals surface area contributed by atoms with Gasteiger partial charge in [0.2, 0.25) is 0 Å². The number of hydrogen-bond acceptors (Lipinski definition) is 0. The Morgan fingerprint density at radius 2 is 2.38 bits per heavy atom. The molecule has 1 saturated carbocycles. The average Bonchev–Trinajstić information content (AvgIpc) is 1.91. The van der Waals surface area contributed by atoms with E-state index in [2.05, 4.69) is 13.0 Å². The summed E-state index contributed by atoms with van der Waals surface area (Å²) in [7, 11) is 0. The molecule has 0 aliphatic heterocycles. The van der Waals surface area contributed by atoms with Crippen LogP contribution < -0.4 is 0 Å². The molecule has 44 valence electrons. The van der Waals surface area contributed by atoms with E-state index < -0.39 is 0 Å². The van der Waals surface area contributed by atoms with Crippen molar-refractivity contribution in [3.05, 3.63) is 11.6 Å². The first-order valence-corrected chi connectivity index (χ1v) is 3.53. The second-order valence-corrected chi connectivity index (χ2v) is 3.22. The Morgan fingerprint density at radius 3 is 2.62 bits per heavy atom. The zero-order valence-electron chi connectivity index (χ0n) is 5.35. The molecule has 2 atom stereocenters. The highest BCUT2D eigenvalue weighted by Crippen LogP contribution is 2.44. The first-order chi connectivity index (χ1) is 3.86. The van der Waals surface area contributed by atoms with E-state index in [1.54, 1.807) is 5.57 Å². The zero-order valence-corrected chi connectivity index (χ0v) is 5.35. The van der Waals surface area contributed by atoms with Crippen molar-refractivity contribution >= 4 is 0 Å². The third-order valence-corrected chi connectivity index (χ3v) is 2.56. The highest BCUT2D eigenvalue weighted by atomic mass is 14.4. The van der Waals surface area contributed by atoms with Crippen molar-refractivity contribution in [1.82, 2.24) is 0 Å². The summed E-state index contributed by atoms with van der Waals surface area (Å²) in [5, 5.41) is 0. The van der Waals surface area contributed by atoms with Gasteiger partial charge in [0.05, 0.1) is 0 Å². The molecule has 2 aliphatic carbocycles. The largest absolute Gasteiger partial charge is 0.0822 e. The first kappa shape index (κ1) is 4.60. The third kappa shape index (κ3) is 0.460. The second-order valence-electron chi connectivity index (χ2n) is 3.22. The van der Waals surface area contributed by atoms with Crippen LogP contribution in [0.2, 0.25) is 0 Å². The van der Waals surface area contributed by atoms with Gasteiger partial charge in [0.1, 0.15) is 0 Å². The van der Waals surface area contributed by atoms with Crippen LogP contribution in [0.1, 0.15) is 26.2 Å². The van der Waals surface area contributed by atoms with Crippen LogP contribution in [-0.4, -0.2) is 0 Å². The van der Waals surface area contributed by atoms with Gasteiger partial charge in [-0.1, -0.05) is 11.6 Å².